The molecule has 0 N–H and O–H groups in total. The summed E-state index contributed by atoms with van der Waals surface area (Å²) in [5.74, 6) is 1.27. The van der Waals surface area contributed by atoms with E-state index in [-0.39, 0.29) is 150 Å². The molecule has 3 saturated heterocycles. The van der Waals surface area contributed by atoms with Crippen LogP contribution in [0.15, 0.2) is 38.2 Å². The summed E-state index contributed by atoms with van der Waals surface area (Å²) in [5.41, 5.74) is 0. The normalized spacial score (nSPS) is 19.2. The molecule has 0 spiro atoms. The van der Waals surface area contributed by atoms with E-state index >= 15 is 0 Å². The van der Waals surface area contributed by atoms with Crippen LogP contribution in [-0.4, -0.2) is 87.0 Å². The fourth-order valence-corrected chi connectivity index (χ4v) is 2.66. The van der Waals surface area contributed by atoms with E-state index in [4.69, 9.17) is 9.47 Å². The van der Waals surface area contributed by atoms with Crippen molar-refractivity contribution in [3.05, 3.63) is 75.5 Å². The monoisotopic (exact) mass is 1750 g/mol. The van der Waals surface area contributed by atoms with Crippen LogP contribution in [-0.2, 0) is 174 Å². The van der Waals surface area contributed by atoms with Crippen LogP contribution >= 0.6 is 0 Å². The average Bonchev–Trinajstić information content (AvgIpc) is 3.99. The van der Waals surface area contributed by atoms with E-state index < -0.39 is 5.97 Å². The number of imide groups is 1. The third-order valence-corrected chi connectivity index (χ3v) is 5.63. The van der Waals surface area contributed by atoms with E-state index in [2.05, 4.69) is 66.5 Å². The summed E-state index contributed by atoms with van der Waals surface area (Å²) in [4.78, 5) is 51.3. The zero-order chi connectivity index (χ0) is 36.1. The molecule has 4 fully saturated rings. The zero-order valence-corrected chi connectivity index (χ0v) is 48.6. The van der Waals surface area contributed by atoms with Crippen LogP contribution < -0.4 is 0 Å². The maximum Gasteiger partial charge on any atom is 0.253 e. The van der Waals surface area contributed by atoms with Crippen molar-refractivity contribution in [2.45, 2.75) is 78.6 Å². The van der Waals surface area contributed by atoms with Gasteiger partial charge in [0.15, 0.2) is 0 Å². The van der Waals surface area contributed by atoms with Gasteiger partial charge in [-0.2, -0.15) is 13.5 Å². The van der Waals surface area contributed by atoms with Gasteiger partial charge in [-0.15, -0.1) is 6.26 Å². The molecule has 298 valence electrons. The summed E-state index contributed by atoms with van der Waals surface area (Å²) < 4.78 is 23.0. The van der Waals surface area contributed by atoms with Gasteiger partial charge in [-0.25, -0.2) is 0 Å². The number of esters is 1. The van der Waals surface area contributed by atoms with Crippen LogP contribution in [0.5, 0.6) is 0 Å². The third kappa shape index (κ3) is 52.6. The Kier molecular flexibility index (Phi) is 70.0. The van der Waals surface area contributed by atoms with E-state index in [1.807, 2.05) is 13.0 Å². The van der Waals surface area contributed by atoms with Crippen molar-refractivity contribution in [2.24, 2.45) is 5.92 Å². The number of methoxy groups -OCH3 is 2. The van der Waals surface area contributed by atoms with E-state index in [9.17, 15) is 24.0 Å². The molecule has 4 atom stereocenters. The molecular formula is C35H51NO10W6-6. The Morgan fingerprint density at radius 2 is 1.37 bits per heavy atom. The van der Waals surface area contributed by atoms with Gasteiger partial charge in [0.25, 0.3) is 11.8 Å². The molecule has 4 aliphatic heterocycles. The molecule has 2 amide bonds. The number of hydrogen-bond donors (Lipinski definition) is 0. The molecule has 5 rings (SSSR count). The van der Waals surface area contributed by atoms with Gasteiger partial charge >= 0.3 is 0 Å². The molecule has 5 aliphatic rings. The second kappa shape index (κ2) is 49.5. The van der Waals surface area contributed by atoms with Crippen molar-refractivity contribution < 1.29 is 174 Å². The average molecular weight is 1750 g/mol. The Morgan fingerprint density at radius 3 is 1.48 bits per heavy atom. The Morgan fingerprint density at radius 1 is 0.962 bits per heavy atom. The quantitative estimate of drug-likeness (QED) is 0.0965. The standard InChI is InChI=1S/C7H12O.C5H5NO2.C5H7O.C4H5O2.C4H7O.C4H5O.2C3H5O.6W/c1-5-2-3-6-7(4-5)8-6;1-6-4(7)2-3-5(6)8;1-3-5(6)4-2;1-3-4(5)6-2;1-4-2-5-3-4;1-3-4(2)5;1-3-2-4-3;1-3-4-2;;;;;;/h5-7H,2-4H2,1H3;2-3H,1H3;1,4H2,2H3;1H2,2H3;2-3H2,1H3;1H2,2H3;2-3H,1H3;1,3H,2H3;;;;;;/q;;6*-1;;;;;;. The number of nitrogens with zero attached hydrogens (tertiary/aromatic N) is 1. The minimum absolute atomic E-state index is 0. The predicted molar refractivity (Wildman–Crippen MR) is 174 cm³/mol. The molecule has 1 saturated carbocycles. The number of Topliss-reactive ketones (excluding diaryl/α,β-unsaturated/α-hetero) is 2. The number of likely N-dealkylation sites (N-methyl/N-ethyl adjacent to an activating group) is 1. The van der Waals surface area contributed by atoms with Gasteiger partial charge in [-0.3, -0.25) is 44.9 Å². The Labute approximate surface area is 398 Å². The topological polar surface area (TPSA) is 141 Å². The fraction of sp³-hybridized carbons (Fsp3) is 0.514. The maximum atomic E-state index is 10.4. The van der Waals surface area contributed by atoms with Gasteiger partial charge in [-0.1, -0.05) is 40.1 Å². The summed E-state index contributed by atoms with van der Waals surface area (Å²) >= 11 is 0. The van der Waals surface area contributed by atoms with E-state index in [1.54, 1.807) is 13.5 Å². The second-order valence-electron chi connectivity index (χ2n) is 9.85. The number of hydrogen-bond acceptors (Lipinski definition) is 10. The molecule has 0 bridgehead atoms. The number of carbonyl (C=O) groups excluding carboxylic acids is 5. The van der Waals surface area contributed by atoms with Crippen molar-refractivity contribution in [1.29, 1.82) is 0 Å². The first-order chi connectivity index (χ1) is 21.7. The summed E-state index contributed by atoms with van der Waals surface area (Å²) in [5, 5.41) is 0. The Hall–Kier alpha value is 0.460. The van der Waals surface area contributed by atoms with Crippen LogP contribution in [0.2, 0.25) is 0 Å². The number of epoxide rings is 2. The fourth-order valence-electron chi connectivity index (χ4n) is 2.66. The van der Waals surface area contributed by atoms with Crippen molar-refractivity contribution in [2.75, 3.05) is 34.5 Å². The minimum atomic E-state index is -0.519. The van der Waals surface area contributed by atoms with E-state index in [0.717, 1.165) is 30.3 Å². The van der Waals surface area contributed by atoms with Crippen LogP contribution in [0.4, 0.5) is 0 Å². The molecule has 0 aromatic rings. The number of ether oxygens (including phenoxy) is 5. The van der Waals surface area contributed by atoms with Gasteiger partial charge in [0.05, 0.1) is 26.4 Å². The minimum Gasteiger partial charge on any atom is -0.570 e. The van der Waals surface area contributed by atoms with Gasteiger partial charge < -0.3 is 58.1 Å². The first kappa shape index (κ1) is 73.6. The smallest absolute Gasteiger partial charge is 0.253 e. The number of rotatable bonds is 5. The maximum absolute atomic E-state index is 10.4. The zero-order valence-electron chi connectivity index (χ0n) is 31.0. The van der Waals surface area contributed by atoms with E-state index in [1.165, 1.54) is 65.5 Å². The van der Waals surface area contributed by atoms with Crippen molar-refractivity contribution >= 4 is 29.4 Å². The van der Waals surface area contributed by atoms with Gasteiger partial charge in [-0.05, 0) is 50.1 Å². The number of ketones is 2. The number of allylic oxidation sites excluding steroid dienone is 2. The molecule has 52 heavy (non-hydrogen) atoms. The SMILES string of the molecule is C=[C-]C(=O)CC.C=[C-]C(=O)OC.C=[C-]C(C)=O.CC1CCC2OC2C1.CC1[CH-]O1.CN1C(=O)C=CC1=O.C[C-]1COC1.[CH-]=COC.[W].[W].[W].[W].[W].[W]. The summed E-state index contributed by atoms with van der Waals surface area (Å²) in [6.45, 7) is 27.2. The molecule has 4 heterocycles. The third-order valence-electron chi connectivity index (χ3n) is 5.63. The van der Waals surface area contributed by atoms with Gasteiger partial charge in [0.2, 0.25) is 0 Å². The molecule has 0 aromatic carbocycles. The van der Waals surface area contributed by atoms with Crippen LogP contribution in [0.3, 0.4) is 0 Å². The molecule has 1 aliphatic carbocycles. The van der Waals surface area contributed by atoms with Gasteiger partial charge in [0.1, 0.15) is 5.97 Å². The summed E-state index contributed by atoms with van der Waals surface area (Å²) in [6.07, 6.45) is 16.4. The largest absolute Gasteiger partial charge is 0.570 e. The van der Waals surface area contributed by atoms with Gasteiger partial charge in [0, 0.05) is 146 Å². The second-order valence-corrected chi connectivity index (χ2v) is 9.85. The Bertz CT molecular complexity index is 955. The number of amides is 2. The molecule has 0 radical (unpaired) electrons. The van der Waals surface area contributed by atoms with Crippen LogP contribution in [0.1, 0.15) is 60.3 Å². The molecule has 4 unspecified atom stereocenters. The van der Waals surface area contributed by atoms with Crippen molar-refractivity contribution in [3.8, 4) is 0 Å². The van der Waals surface area contributed by atoms with E-state index in [0.29, 0.717) is 24.7 Å². The molecule has 17 heteroatoms. The number of carbonyl (C=O) groups is 5. The summed E-state index contributed by atoms with van der Waals surface area (Å²) in [7, 11) is 4.23. The number of fused-ring (bicyclic) bond motifs is 1. The summed E-state index contributed by atoms with van der Waals surface area (Å²) in [6, 6.07) is 0. The first-order valence-electron chi connectivity index (χ1n) is 14.5. The van der Waals surface area contributed by atoms with Crippen LogP contribution in [0, 0.1) is 43.2 Å². The Balaban J connectivity index is -0.0000000578. The van der Waals surface area contributed by atoms with Crippen molar-refractivity contribution in [3.63, 3.8) is 0 Å². The van der Waals surface area contributed by atoms with Crippen molar-refractivity contribution in [1.82, 2.24) is 4.90 Å². The predicted octanol–water partition coefficient (Wildman–Crippen LogP) is 4.53. The van der Waals surface area contributed by atoms with Crippen LogP contribution in [0.25, 0.3) is 0 Å². The molecule has 11 nitrogen and oxygen atoms in total. The molecular weight excluding hydrogens is 1700 g/mol. The molecule has 0 aromatic heterocycles. The first-order valence-corrected chi connectivity index (χ1v) is 14.5.